The van der Waals surface area contributed by atoms with Gasteiger partial charge in [0, 0.05) is 31.4 Å². The molecule has 1 aromatic rings. The number of carbonyl (C=O) groups excluding carboxylic acids is 2. The van der Waals surface area contributed by atoms with Crippen molar-refractivity contribution in [2.75, 3.05) is 18.4 Å². The number of carboxylic acid groups (broad SMARTS) is 1. The molecule has 0 saturated carbocycles. The van der Waals surface area contributed by atoms with Gasteiger partial charge in [-0.25, -0.2) is 9.59 Å². The first-order valence-corrected chi connectivity index (χ1v) is 8.77. The smallest absolute Gasteiger partial charge is 0.319 e. The summed E-state index contributed by atoms with van der Waals surface area (Å²) in [5.74, 6) is -1.15. The molecule has 2 rings (SSSR count). The number of urea groups is 2. The molecular weight excluding hydrogens is 336 g/mol. The highest BCUT2D eigenvalue weighted by Crippen LogP contribution is 2.17. The number of nitrogens with one attached hydrogen (secondary N) is 3. The van der Waals surface area contributed by atoms with Crippen molar-refractivity contribution in [3.63, 3.8) is 0 Å². The first-order valence-electron chi connectivity index (χ1n) is 8.77. The Balaban J connectivity index is 1.76. The predicted molar refractivity (Wildman–Crippen MR) is 97.9 cm³/mol. The molecule has 0 atom stereocenters. The number of rotatable bonds is 5. The van der Waals surface area contributed by atoms with E-state index in [9.17, 15) is 14.4 Å². The van der Waals surface area contributed by atoms with Crippen LogP contribution in [0.2, 0.25) is 0 Å². The van der Waals surface area contributed by atoms with E-state index >= 15 is 0 Å². The molecule has 26 heavy (non-hydrogen) atoms. The summed E-state index contributed by atoms with van der Waals surface area (Å²) in [6, 6.07) is 6.84. The maximum Gasteiger partial charge on any atom is 0.319 e. The van der Waals surface area contributed by atoms with E-state index in [0.717, 1.165) is 5.56 Å². The van der Waals surface area contributed by atoms with Crippen LogP contribution in [0.1, 0.15) is 32.3 Å². The summed E-state index contributed by atoms with van der Waals surface area (Å²) in [4.78, 5) is 36.4. The zero-order valence-electron chi connectivity index (χ0n) is 15.1. The number of nitrogens with zero attached hydrogens (tertiary/aromatic N) is 1. The molecular formula is C18H26N4O4. The number of aliphatic carboxylic acids is 1. The van der Waals surface area contributed by atoms with Crippen LogP contribution in [0.15, 0.2) is 24.3 Å². The van der Waals surface area contributed by atoms with Crippen molar-refractivity contribution in [3.8, 4) is 0 Å². The number of carboxylic acids is 1. The SMILES string of the molecule is CC(C)NC(=O)Nc1ccc(CNC(=O)N2CCC(C(=O)O)CC2)cc1. The van der Waals surface area contributed by atoms with Gasteiger partial charge in [0.1, 0.15) is 0 Å². The number of amides is 4. The third-order valence-corrected chi connectivity index (χ3v) is 4.21. The van der Waals surface area contributed by atoms with Crippen LogP contribution in [-0.2, 0) is 11.3 Å². The van der Waals surface area contributed by atoms with Crippen LogP contribution in [0.3, 0.4) is 0 Å². The van der Waals surface area contributed by atoms with Crippen LogP contribution in [0, 0.1) is 5.92 Å². The van der Waals surface area contributed by atoms with Crippen molar-refractivity contribution in [3.05, 3.63) is 29.8 Å². The van der Waals surface area contributed by atoms with Gasteiger partial charge in [-0.1, -0.05) is 12.1 Å². The number of hydrogen-bond donors (Lipinski definition) is 4. The highest BCUT2D eigenvalue weighted by Gasteiger charge is 2.26. The highest BCUT2D eigenvalue weighted by atomic mass is 16.4. The minimum atomic E-state index is -0.791. The molecule has 1 aliphatic rings. The Hall–Kier alpha value is -2.77. The summed E-state index contributed by atoms with van der Waals surface area (Å²) in [6.07, 6.45) is 0.975. The Morgan fingerprint density at radius 3 is 2.31 bits per heavy atom. The minimum Gasteiger partial charge on any atom is -0.481 e. The number of likely N-dealkylation sites (tertiary alicyclic amines) is 1. The lowest BCUT2D eigenvalue weighted by Crippen LogP contribution is -2.45. The van der Waals surface area contributed by atoms with Gasteiger partial charge >= 0.3 is 18.0 Å². The molecule has 0 spiro atoms. The van der Waals surface area contributed by atoms with Crippen LogP contribution in [-0.4, -0.2) is 47.2 Å². The Morgan fingerprint density at radius 2 is 1.77 bits per heavy atom. The summed E-state index contributed by atoms with van der Waals surface area (Å²) >= 11 is 0. The molecule has 4 amide bonds. The fourth-order valence-corrected chi connectivity index (χ4v) is 2.75. The lowest BCUT2D eigenvalue weighted by atomic mass is 9.97. The van der Waals surface area contributed by atoms with Crippen LogP contribution in [0.5, 0.6) is 0 Å². The third-order valence-electron chi connectivity index (χ3n) is 4.21. The zero-order chi connectivity index (χ0) is 19.1. The molecule has 142 valence electrons. The molecule has 1 saturated heterocycles. The van der Waals surface area contributed by atoms with Gasteiger partial charge in [0.05, 0.1) is 5.92 Å². The van der Waals surface area contributed by atoms with E-state index in [0.29, 0.717) is 38.2 Å². The van der Waals surface area contributed by atoms with E-state index in [-0.39, 0.29) is 24.0 Å². The average Bonchev–Trinajstić information content (AvgIpc) is 2.60. The van der Waals surface area contributed by atoms with E-state index in [1.807, 2.05) is 26.0 Å². The van der Waals surface area contributed by atoms with E-state index in [1.165, 1.54) is 0 Å². The Morgan fingerprint density at radius 1 is 1.15 bits per heavy atom. The normalized spacial score (nSPS) is 14.8. The number of anilines is 1. The van der Waals surface area contributed by atoms with Crippen molar-refractivity contribution < 1.29 is 19.5 Å². The molecule has 1 heterocycles. The molecule has 0 aliphatic carbocycles. The Kier molecular flexibility index (Phi) is 6.82. The summed E-state index contributed by atoms with van der Waals surface area (Å²) in [5.41, 5.74) is 1.59. The largest absolute Gasteiger partial charge is 0.481 e. The Bertz CT molecular complexity index is 637. The predicted octanol–water partition coefficient (Wildman–Crippen LogP) is 2.22. The number of piperidine rings is 1. The first kappa shape index (κ1) is 19.6. The van der Waals surface area contributed by atoms with Gasteiger partial charge in [0.2, 0.25) is 0 Å². The van der Waals surface area contributed by atoms with Crippen molar-refractivity contribution >= 4 is 23.7 Å². The van der Waals surface area contributed by atoms with Crippen LogP contribution in [0.4, 0.5) is 15.3 Å². The second-order valence-electron chi connectivity index (χ2n) is 6.71. The van der Waals surface area contributed by atoms with Gasteiger partial charge in [0.25, 0.3) is 0 Å². The standard InChI is InChI=1S/C18H26N4O4/c1-12(2)20-17(25)21-15-5-3-13(4-6-15)11-19-18(26)22-9-7-14(8-10-22)16(23)24/h3-6,12,14H,7-11H2,1-2H3,(H,19,26)(H,23,24)(H2,20,21,25). The van der Waals surface area contributed by atoms with Crippen molar-refractivity contribution in [1.29, 1.82) is 0 Å². The first-order chi connectivity index (χ1) is 12.3. The van der Waals surface area contributed by atoms with Crippen molar-refractivity contribution in [2.24, 2.45) is 5.92 Å². The van der Waals surface area contributed by atoms with Gasteiger partial charge in [-0.3, -0.25) is 4.79 Å². The maximum atomic E-state index is 12.2. The fraction of sp³-hybridized carbons (Fsp3) is 0.500. The molecule has 0 unspecified atom stereocenters. The molecule has 4 N–H and O–H groups in total. The molecule has 8 nitrogen and oxygen atoms in total. The van der Waals surface area contributed by atoms with Gasteiger partial charge in [0.15, 0.2) is 0 Å². The monoisotopic (exact) mass is 362 g/mol. The lowest BCUT2D eigenvalue weighted by molar-refractivity contribution is -0.143. The summed E-state index contributed by atoms with van der Waals surface area (Å²) in [7, 11) is 0. The van der Waals surface area contributed by atoms with Gasteiger partial charge < -0.3 is 26.0 Å². The van der Waals surface area contributed by atoms with Gasteiger partial charge in [-0.2, -0.15) is 0 Å². The summed E-state index contributed by atoms with van der Waals surface area (Å²) in [5, 5.41) is 17.3. The molecule has 0 bridgehead atoms. The highest BCUT2D eigenvalue weighted by molar-refractivity contribution is 5.89. The molecule has 1 fully saturated rings. The van der Waals surface area contributed by atoms with Crippen LogP contribution in [0.25, 0.3) is 0 Å². The second kappa shape index (κ2) is 9.07. The third kappa shape index (κ3) is 5.94. The fourth-order valence-electron chi connectivity index (χ4n) is 2.75. The van der Waals surface area contributed by atoms with Crippen LogP contribution < -0.4 is 16.0 Å². The zero-order valence-corrected chi connectivity index (χ0v) is 15.1. The average molecular weight is 362 g/mol. The molecule has 8 heteroatoms. The van der Waals surface area contributed by atoms with E-state index in [4.69, 9.17) is 5.11 Å². The van der Waals surface area contributed by atoms with Crippen molar-refractivity contribution in [2.45, 2.75) is 39.3 Å². The van der Waals surface area contributed by atoms with E-state index in [2.05, 4.69) is 16.0 Å². The maximum absolute atomic E-state index is 12.2. The Labute approximate surface area is 152 Å². The quantitative estimate of drug-likeness (QED) is 0.643. The second-order valence-corrected chi connectivity index (χ2v) is 6.71. The summed E-state index contributed by atoms with van der Waals surface area (Å²) in [6.45, 7) is 5.05. The molecule has 1 aromatic carbocycles. The number of carbonyl (C=O) groups is 3. The lowest BCUT2D eigenvalue weighted by Gasteiger charge is -2.30. The molecule has 1 aliphatic heterocycles. The van der Waals surface area contributed by atoms with Gasteiger partial charge in [-0.15, -0.1) is 0 Å². The topological polar surface area (TPSA) is 111 Å². The minimum absolute atomic E-state index is 0.0602. The van der Waals surface area contributed by atoms with E-state index in [1.54, 1.807) is 17.0 Å². The number of benzene rings is 1. The van der Waals surface area contributed by atoms with Gasteiger partial charge in [-0.05, 0) is 44.4 Å². The van der Waals surface area contributed by atoms with E-state index < -0.39 is 5.97 Å². The number of hydrogen-bond acceptors (Lipinski definition) is 3. The summed E-state index contributed by atoms with van der Waals surface area (Å²) < 4.78 is 0. The molecule has 0 radical (unpaired) electrons. The van der Waals surface area contributed by atoms with Crippen molar-refractivity contribution in [1.82, 2.24) is 15.5 Å². The van der Waals surface area contributed by atoms with Crippen LogP contribution >= 0.6 is 0 Å². The molecule has 0 aromatic heterocycles.